The topological polar surface area (TPSA) is 20.3 Å². The van der Waals surface area contributed by atoms with Crippen molar-refractivity contribution in [1.82, 2.24) is 4.90 Å². The zero-order chi connectivity index (χ0) is 9.16. The molecule has 1 aliphatic heterocycles. The van der Waals surface area contributed by atoms with Crippen molar-refractivity contribution in [3.05, 3.63) is 0 Å². The number of carbonyl (C=O) groups is 1. The van der Waals surface area contributed by atoms with Gasteiger partial charge in [0, 0.05) is 6.54 Å². The fraction of sp³-hybridized carbons (Fsp3) is 0.909. The van der Waals surface area contributed by atoms with E-state index < -0.39 is 0 Å². The summed E-state index contributed by atoms with van der Waals surface area (Å²) in [6, 6.07) is 0.262. The molecule has 0 aromatic carbocycles. The second-order valence-electron chi connectivity index (χ2n) is 5.22. The second kappa shape index (κ2) is 2.35. The number of likely N-dealkylation sites (tertiary alicyclic amines) is 1. The molecule has 0 bridgehead atoms. The summed E-state index contributed by atoms with van der Waals surface area (Å²) >= 11 is 0. The Kier molecular flexibility index (Phi) is 1.44. The van der Waals surface area contributed by atoms with Crippen LogP contribution in [0.15, 0.2) is 0 Å². The first-order valence-corrected chi connectivity index (χ1v) is 5.39. The van der Waals surface area contributed by atoms with Gasteiger partial charge in [-0.3, -0.25) is 9.69 Å². The Morgan fingerprint density at radius 2 is 1.92 bits per heavy atom. The molecule has 1 saturated heterocycles. The molecule has 3 rings (SSSR count). The van der Waals surface area contributed by atoms with Crippen LogP contribution in [0.2, 0.25) is 0 Å². The molecule has 13 heavy (non-hydrogen) atoms. The summed E-state index contributed by atoms with van der Waals surface area (Å²) < 4.78 is 0. The van der Waals surface area contributed by atoms with E-state index >= 15 is 0 Å². The van der Waals surface area contributed by atoms with Gasteiger partial charge in [-0.1, -0.05) is 0 Å². The molecular formula is C11H17NO. The Balaban J connectivity index is 1.85. The third-order valence-corrected chi connectivity index (χ3v) is 4.45. The van der Waals surface area contributed by atoms with Gasteiger partial charge in [0.1, 0.15) is 5.78 Å². The van der Waals surface area contributed by atoms with Crippen molar-refractivity contribution in [2.24, 2.45) is 23.7 Å². The predicted octanol–water partition coefficient (Wildman–Crippen LogP) is 1.16. The van der Waals surface area contributed by atoms with Crippen LogP contribution in [0.3, 0.4) is 0 Å². The Hall–Kier alpha value is -0.370. The van der Waals surface area contributed by atoms with E-state index in [9.17, 15) is 4.79 Å². The molecule has 2 aliphatic carbocycles. The van der Waals surface area contributed by atoms with Crippen LogP contribution in [-0.2, 0) is 4.79 Å². The van der Waals surface area contributed by atoms with Gasteiger partial charge in [0.05, 0.1) is 6.04 Å². The number of nitrogens with zero attached hydrogens (tertiary/aromatic N) is 1. The molecule has 2 nitrogen and oxygen atoms in total. The van der Waals surface area contributed by atoms with Crippen LogP contribution in [0.25, 0.3) is 0 Å². The van der Waals surface area contributed by atoms with Crippen LogP contribution in [0.4, 0.5) is 0 Å². The minimum absolute atomic E-state index is 0.262. The summed E-state index contributed by atoms with van der Waals surface area (Å²) in [6.45, 7) is 2.93. The average molecular weight is 179 g/mol. The second-order valence-corrected chi connectivity index (χ2v) is 5.22. The number of ketones is 1. The van der Waals surface area contributed by atoms with E-state index in [2.05, 4.69) is 11.9 Å². The number of fused-ring (bicyclic) bond motifs is 3. The molecule has 72 valence electrons. The molecule has 0 aromatic rings. The van der Waals surface area contributed by atoms with Gasteiger partial charge >= 0.3 is 0 Å². The molecule has 0 spiro atoms. The maximum absolute atomic E-state index is 11.5. The minimum atomic E-state index is 0.262. The maximum Gasteiger partial charge on any atom is 0.147 e. The van der Waals surface area contributed by atoms with Crippen LogP contribution in [0.1, 0.15) is 19.8 Å². The number of hydrogen-bond acceptors (Lipinski definition) is 2. The molecule has 0 amide bonds. The normalized spacial score (nSPS) is 53.2. The third-order valence-electron chi connectivity index (χ3n) is 4.45. The van der Waals surface area contributed by atoms with Crippen molar-refractivity contribution in [2.45, 2.75) is 25.8 Å². The molecule has 3 aliphatic rings. The van der Waals surface area contributed by atoms with Gasteiger partial charge in [0.2, 0.25) is 0 Å². The Bertz CT molecular complexity index is 263. The monoisotopic (exact) mass is 179 g/mol. The van der Waals surface area contributed by atoms with Crippen molar-refractivity contribution in [3.8, 4) is 0 Å². The maximum atomic E-state index is 11.5. The van der Waals surface area contributed by atoms with Crippen molar-refractivity contribution in [2.75, 3.05) is 13.6 Å². The molecular weight excluding hydrogens is 162 g/mol. The number of hydrogen-bond donors (Lipinski definition) is 0. The predicted molar refractivity (Wildman–Crippen MR) is 50.3 cm³/mol. The lowest BCUT2D eigenvalue weighted by Gasteiger charge is -2.21. The Morgan fingerprint density at radius 3 is 2.62 bits per heavy atom. The van der Waals surface area contributed by atoms with Crippen LogP contribution in [0.5, 0.6) is 0 Å². The zero-order valence-corrected chi connectivity index (χ0v) is 8.36. The lowest BCUT2D eigenvalue weighted by molar-refractivity contribution is -0.122. The van der Waals surface area contributed by atoms with Gasteiger partial charge in [-0.05, 0) is 50.5 Å². The Labute approximate surface area is 79.3 Å². The zero-order valence-electron chi connectivity index (χ0n) is 8.36. The van der Waals surface area contributed by atoms with E-state index in [1.54, 1.807) is 6.92 Å². The van der Waals surface area contributed by atoms with Gasteiger partial charge in [0.15, 0.2) is 0 Å². The van der Waals surface area contributed by atoms with E-state index in [0.717, 1.165) is 17.8 Å². The lowest BCUT2D eigenvalue weighted by atomic mass is 9.88. The fourth-order valence-electron chi connectivity index (χ4n) is 3.93. The minimum Gasteiger partial charge on any atom is -0.298 e. The molecule has 2 saturated carbocycles. The number of rotatable bonds is 1. The lowest BCUT2D eigenvalue weighted by Crippen LogP contribution is -2.35. The number of likely N-dealkylation sites (N-methyl/N-ethyl adjacent to an activating group) is 1. The average Bonchev–Trinajstić information content (AvgIpc) is 2.58. The molecule has 0 radical (unpaired) electrons. The highest BCUT2D eigenvalue weighted by molar-refractivity contribution is 5.82. The van der Waals surface area contributed by atoms with Crippen LogP contribution in [0, 0.1) is 23.7 Å². The van der Waals surface area contributed by atoms with E-state index in [0.29, 0.717) is 11.7 Å². The SMILES string of the molecule is CC(=O)[C@@H]1[C@H]2C[C@@H]3C[C@@H]3[C@H]2CN1C. The van der Waals surface area contributed by atoms with Gasteiger partial charge in [-0.25, -0.2) is 0 Å². The first-order valence-electron chi connectivity index (χ1n) is 5.39. The van der Waals surface area contributed by atoms with Crippen LogP contribution < -0.4 is 0 Å². The summed E-state index contributed by atoms with van der Waals surface area (Å²) in [5.74, 6) is 3.97. The van der Waals surface area contributed by atoms with Gasteiger partial charge in [0.25, 0.3) is 0 Å². The van der Waals surface area contributed by atoms with E-state index in [1.807, 2.05) is 0 Å². The van der Waals surface area contributed by atoms with E-state index in [-0.39, 0.29) is 6.04 Å². The smallest absolute Gasteiger partial charge is 0.147 e. The molecule has 0 aromatic heterocycles. The summed E-state index contributed by atoms with van der Waals surface area (Å²) in [7, 11) is 2.11. The van der Waals surface area contributed by atoms with Crippen molar-refractivity contribution in [1.29, 1.82) is 0 Å². The van der Waals surface area contributed by atoms with Crippen LogP contribution in [-0.4, -0.2) is 30.3 Å². The van der Waals surface area contributed by atoms with Gasteiger partial charge in [-0.2, -0.15) is 0 Å². The number of carbonyl (C=O) groups excluding carboxylic acids is 1. The number of Topliss-reactive ketones (excluding diaryl/α,β-unsaturated/α-hetero) is 1. The molecule has 0 unspecified atom stereocenters. The highest BCUT2D eigenvalue weighted by atomic mass is 16.1. The molecule has 0 N–H and O–H groups in total. The quantitative estimate of drug-likeness (QED) is 0.602. The first-order chi connectivity index (χ1) is 6.18. The van der Waals surface area contributed by atoms with Crippen molar-refractivity contribution < 1.29 is 4.79 Å². The summed E-state index contributed by atoms with van der Waals surface area (Å²) in [5, 5.41) is 0. The highest BCUT2D eigenvalue weighted by Gasteiger charge is 2.59. The summed E-state index contributed by atoms with van der Waals surface area (Å²) in [6.07, 6.45) is 2.80. The van der Waals surface area contributed by atoms with Crippen molar-refractivity contribution in [3.63, 3.8) is 0 Å². The van der Waals surface area contributed by atoms with E-state index in [1.165, 1.54) is 19.4 Å². The van der Waals surface area contributed by atoms with Crippen LogP contribution >= 0.6 is 0 Å². The van der Waals surface area contributed by atoms with Gasteiger partial charge < -0.3 is 0 Å². The third kappa shape index (κ3) is 0.954. The highest BCUT2D eigenvalue weighted by Crippen LogP contribution is 2.61. The largest absolute Gasteiger partial charge is 0.298 e. The summed E-state index contributed by atoms with van der Waals surface area (Å²) in [4.78, 5) is 13.8. The first kappa shape index (κ1) is 7.98. The Morgan fingerprint density at radius 1 is 1.23 bits per heavy atom. The summed E-state index contributed by atoms with van der Waals surface area (Å²) in [5.41, 5.74) is 0. The molecule has 3 fully saturated rings. The standard InChI is InChI=1S/C11H17NO/c1-6(13)11-9-4-7-3-8(7)10(9)5-12(11)2/h7-11H,3-5H2,1-2H3/t7-,8-,9-,10+,11+/m0/s1. The fourth-order valence-corrected chi connectivity index (χ4v) is 3.93. The molecule has 5 atom stereocenters. The molecule has 2 heteroatoms. The molecule has 1 heterocycles. The van der Waals surface area contributed by atoms with Gasteiger partial charge in [-0.15, -0.1) is 0 Å². The van der Waals surface area contributed by atoms with E-state index in [4.69, 9.17) is 0 Å². The van der Waals surface area contributed by atoms with Crippen molar-refractivity contribution >= 4 is 5.78 Å².